The summed E-state index contributed by atoms with van der Waals surface area (Å²) in [5.74, 6) is 0.895. The lowest BCUT2D eigenvalue weighted by molar-refractivity contribution is 0.0952. The Morgan fingerprint density at radius 2 is 1.67 bits per heavy atom. The normalized spacial score (nSPS) is 11.3. The van der Waals surface area contributed by atoms with E-state index in [-0.39, 0.29) is 11.8 Å². The molecule has 1 heterocycles. The van der Waals surface area contributed by atoms with Crippen molar-refractivity contribution in [2.24, 2.45) is 0 Å². The van der Waals surface area contributed by atoms with Gasteiger partial charge in [-0.2, -0.15) is 0 Å². The van der Waals surface area contributed by atoms with Gasteiger partial charge in [-0.3, -0.25) is 4.79 Å². The molecule has 0 saturated carbocycles. The second-order valence-electron chi connectivity index (χ2n) is 10.9. The monoisotopic (exact) mass is 579 g/mol. The second kappa shape index (κ2) is 13.4. The van der Waals surface area contributed by atoms with Crippen LogP contribution in [-0.4, -0.2) is 60.8 Å². The van der Waals surface area contributed by atoms with E-state index in [0.29, 0.717) is 31.6 Å². The first-order chi connectivity index (χ1) is 20.8. The number of benzene rings is 4. The minimum absolute atomic E-state index is 0.125. The molecule has 4 aromatic carbocycles. The first-order valence-corrected chi connectivity index (χ1v) is 14.5. The number of ether oxygens (including phenoxy) is 2. The molecule has 0 spiro atoms. The van der Waals surface area contributed by atoms with E-state index in [1.54, 1.807) is 0 Å². The van der Waals surface area contributed by atoms with Crippen LogP contribution in [0.2, 0.25) is 0 Å². The average molecular weight is 580 g/mol. The number of carbonyl (C=O) groups excluding carboxylic acids is 1. The topological polar surface area (TPSA) is 104 Å². The van der Waals surface area contributed by atoms with Crippen molar-refractivity contribution < 1.29 is 24.2 Å². The predicted molar refractivity (Wildman–Crippen MR) is 170 cm³/mol. The van der Waals surface area contributed by atoms with Crippen LogP contribution in [0.1, 0.15) is 34.3 Å². The Labute approximate surface area is 251 Å². The Kier molecular flexibility index (Phi) is 9.27. The third-order valence-corrected chi connectivity index (χ3v) is 7.53. The molecule has 43 heavy (non-hydrogen) atoms. The summed E-state index contributed by atoms with van der Waals surface area (Å²) in [6.45, 7) is 3.94. The summed E-state index contributed by atoms with van der Waals surface area (Å²) >= 11 is 0. The molecule has 8 heteroatoms. The summed E-state index contributed by atoms with van der Waals surface area (Å²) in [6, 6.07) is 25.6. The number of hydrogen-bond acceptors (Lipinski definition) is 5. The zero-order chi connectivity index (χ0) is 30.3. The number of nitrogens with one attached hydrogen (secondary N) is 2. The molecule has 8 nitrogen and oxygen atoms in total. The number of para-hydroxylation sites is 1. The zero-order valence-electron chi connectivity index (χ0n) is 24.8. The lowest BCUT2D eigenvalue weighted by atomic mass is 9.95. The van der Waals surface area contributed by atoms with Crippen molar-refractivity contribution in [2.45, 2.75) is 26.2 Å². The fraction of sp³-hybridized carbons (Fsp3) is 0.257. The molecule has 0 fully saturated rings. The van der Waals surface area contributed by atoms with Crippen LogP contribution in [0, 0.1) is 6.92 Å². The van der Waals surface area contributed by atoms with Crippen LogP contribution in [0.15, 0.2) is 78.9 Å². The van der Waals surface area contributed by atoms with E-state index in [1.807, 2.05) is 87.7 Å². The SMILES string of the molecule is Cc1ccc(C(=O)NCCCN(C)C)cc1-c1cccc2c(CCCOc3cccc4ccccc34)c(OC(=O)O)[nH]c12. The summed E-state index contributed by atoms with van der Waals surface area (Å²) in [5, 5.41) is 15.5. The average Bonchev–Trinajstić information content (AvgIpc) is 3.34. The van der Waals surface area contributed by atoms with Gasteiger partial charge in [-0.05, 0) is 81.5 Å². The van der Waals surface area contributed by atoms with Gasteiger partial charge in [0.2, 0.25) is 5.88 Å². The van der Waals surface area contributed by atoms with Crippen molar-refractivity contribution in [2.75, 3.05) is 33.8 Å². The molecule has 5 rings (SSSR count). The minimum Gasteiger partial charge on any atom is -0.493 e. The van der Waals surface area contributed by atoms with Gasteiger partial charge >= 0.3 is 6.16 Å². The number of hydrogen-bond donors (Lipinski definition) is 3. The van der Waals surface area contributed by atoms with E-state index in [1.165, 1.54) is 0 Å². The smallest absolute Gasteiger partial charge is 0.493 e. The van der Waals surface area contributed by atoms with Gasteiger partial charge in [0.25, 0.3) is 5.91 Å². The second-order valence-corrected chi connectivity index (χ2v) is 10.9. The van der Waals surface area contributed by atoms with E-state index in [4.69, 9.17) is 9.47 Å². The molecule has 1 amide bonds. The summed E-state index contributed by atoms with van der Waals surface area (Å²) in [6.07, 6.45) is 0.677. The summed E-state index contributed by atoms with van der Waals surface area (Å²) in [5.41, 5.74) is 4.86. The van der Waals surface area contributed by atoms with Crippen molar-refractivity contribution >= 4 is 33.7 Å². The van der Waals surface area contributed by atoms with Crippen LogP contribution in [0.25, 0.3) is 32.8 Å². The molecule has 0 unspecified atom stereocenters. The highest BCUT2D eigenvalue weighted by Crippen LogP contribution is 2.37. The maximum absolute atomic E-state index is 12.9. The number of aromatic amines is 1. The van der Waals surface area contributed by atoms with Gasteiger partial charge in [0, 0.05) is 34.0 Å². The fourth-order valence-electron chi connectivity index (χ4n) is 5.40. The summed E-state index contributed by atoms with van der Waals surface area (Å²) in [7, 11) is 4.02. The number of aromatic nitrogens is 1. The number of amides is 1. The van der Waals surface area contributed by atoms with Gasteiger partial charge in [-0.1, -0.05) is 60.7 Å². The fourth-order valence-corrected chi connectivity index (χ4v) is 5.40. The third-order valence-electron chi connectivity index (χ3n) is 7.53. The molecule has 0 radical (unpaired) electrons. The number of aryl methyl sites for hydroxylation is 2. The van der Waals surface area contributed by atoms with Crippen LogP contribution in [-0.2, 0) is 6.42 Å². The molecule has 222 valence electrons. The van der Waals surface area contributed by atoms with Gasteiger partial charge < -0.3 is 29.8 Å². The minimum atomic E-state index is -1.38. The van der Waals surface area contributed by atoms with E-state index in [9.17, 15) is 14.7 Å². The van der Waals surface area contributed by atoms with Crippen molar-refractivity contribution in [1.82, 2.24) is 15.2 Å². The van der Waals surface area contributed by atoms with E-state index >= 15 is 0 Å². The molecule has 0 aliphatic heterocycles. The molecule has 5 aromatic rings. The standard InChI is InChI=1S/C35H37N3O5/c1-23-17-18-25(33(39)36-19-9-20-38(2)3)22-30(23)28-14-7-13-27-29(34(37-32(27)28)43-35(40)41)15-8-21-42-31-16-6-11-24-10-4-5-12-26(24)31/h4-7,10-14,16-18,22,37H,8-9,15,19-21H2,1-3H3,(H,36,39)(H,40,41). The number of carbonyl (C=O) groups is 2. The zero-order valence-corrected chi connectivity index (χ0v) is 24.8. The van der Waals surface area contributed by atoms with E-state index in [2.05, 4.69) is 27.3 Å². The van der Waals surface area contributed by atoms with Gasteiger partial charge in [0.05, 0.1) is 12.1 Å². The lowest BCUT2D eigenvalue weighted by Crippen LogP contribution is -2.27. The Balaban J connectivity index is 1.39. The predicted octanol–water partition coefficient (Wildman–Crippen LogP) is 7.05. The highest BCUT2D eigenvalue weighted by atomic mass is 16.7. The molecule has 0 atom stereocenters. The Bertz CT molecular complexity index is 1750. The summed E-state index contributed by atoms with van der Waals surface area (Å²) in [4.78, 5) is 29.8. The van der Waals surface area contributed by atoms with Gasteiger partial charge in [-0.15, -0.1) is 0 Å². The third kappa shape index (κ3) is 6.98. The maximum Gasteiger partial charge on any atom is 0.512 e. The Morgan fingerprint density at radius 3 is 2.49 bits per heavy atom. The lowest BCUT2D eigenvalue weighted by Gasteiger charge is -2.12. The van der Waals surface area contributed by atoms with E-state index < -0.39 is 6.16 Å². The Hall–Kier alpha value is -4.82. The van der Waals surface area contributed by atoms with Crippen molar-refractivity contribution in [3.05, 3.63) is 95.6 Å². The van der Waals surface area contributed by atoms with Crippen LogP contribution in [0.5, 0.6) is 11.6 Å². The molecule has 0 aliphatic carbocycles. The number of rotatable bonds is 12. The molecular formula is C35H37N3O5. The van der Waals surface area contributed by atoms with Crippen LogP contribution >= 0.6 is 0 Å². The number of H-pyrrole nitrogens is 1. The van der Waals surface area contributed by atoms with Crippen molar-refractivity contribution in [3.63, 3.8) is 0 Å². The van der Waals surface area contributed by atoms with Crippen LogP contribution < -0.4 is 14.8 Å². The highest BCUT2D eigenvalue weighted by molar-refractivity contribution is 6.01. The van der Waals surface area contributed by atoms with Crippen LogP contribution in [0.3, 0.4) is 0 Å². The number of fused-ring (bicyclic) bond motifs is 2. The molecule has 3 N–H and O–H groups in total. The maximum atomic E-state index is 12.9. The number of carboxylic acid groups (broad SMARTS) is 1. The van der Waals surface area contributed by atoms with Gasteiger partial charge in [-0.25, -0.2) is 4.79 Å². The number of nitrogens with zero attached hydrogens (tertiary/aromatic N) is 1. The molecule has 0 saturated heterocycles. The molecular weight excluding hydrogens is 542 g/mol. The van der Waals surface area contributed by atoms with Gasteiger partial charge in [0.1, 0.15) is 5.75 Å². The first-order valence-electron chi connectivity index (χ1n) is 14.5. The molecule has 0 bridgehead atoms. The van der Waals surface area contributed by atoms with Gasteiger partial charge in [0.15, 0.2) is 0 Å². The molecule has 1 aromatic heterocycles. The van der Waals surface area contributed by atoms with E-state index in [0.717, 1.165) is 62.6 Å². The summed E-state index contributed by atoms with van der Waals surface area (Å²) < 4.78 is 11.3. The highest BCUT2D eigenvalue weighted by Gasteiger charge is 2.19. The largest absolute Gasteiger partial charge is 0.512 e. The quantitative estimate of drug-likeness (QED) is 0.108. The van der Waals surface area contributed by atoms with Crippen molar-refractivity contribution in [3.8, 4) is 22.8 Å². The van der Waals surface area contributed by atoms with Crippen molar-refractivity contribution in [1.29, 1.82) is 0 Å². The first kappa shape index (κ1) is 29.7. The molecule has 0 aliphatic rings. The van der Waals surface area contributed by atoms with Crippen LogP contribution in [0.4, 0.5) is 4.79 Å². The Morgan fingerprint density at radius 1 is 0.907 bits per heavy atom.